The lowest BCUT2D eigenvalue weighted by Crippen LogP contribution is -1.92. The summed E-state index contributed by atoms with van der Waals surface area (Å²) >= 11 is 0. The van der Waals surface area contributed by atoms with Crippen LogP contribution in [0.5, 0.6) is 0 Å². The van der Waals surface area contributed by atoms with Crippen LogP contribution in [-0.4, -0.2) is 0 Å². The molecule has 2 nitrogen and oxygen atoms in total. The van der Waals surface area contributed by atoms with E-state index in [1.54, 1.807) is 0 Å². The van der Waals surface area contributed by atoms with Gasteiger partial charge in [-0.1, -0.05) is 272 Å². The Morgan fingerprint density at radius 1 is 0.163 bits per heavy atom. The Balaban J connectivity index is 0.000000195. The molecule has 17 aromatic carbocycles. The molecule has 0 aliphatic heterocycles. The Kier molecular flexibility index (Phi) is 5.13. The highest BCUT2D eigenvalue weighted by Crippen LogP contribution is 2.49. The number of fused-ring (bicyclic) bond motifs is 12. The second-order valence-electron chi connectivity index (χ2n) is 19.8. The van der Waals surface area contributed by atoms with Crippen LogP contribution in [-0.2, 0) is 0 Å². The topological polar surface area (TPSA) is 26.3 Å². The SMILES string of the molecule is [2H]c1c([2H])c([2H])c(-c2c([2H])c(-c3c([2H])c([2H])c([2H])c([2H])c3[2H])c([2H])c(-c3c4c([2H])c([2H])c([2H])c([2H])c4c(-c4c([2H])c([2H])c5oc6c([2H])c7c([2H])c([2H])c([2H])c([2H])c7c([2H])c6c5c4[2H])c4c([2H])c([2H])c([2H])c([2H])c34)c2[2H])c([2H])c1[2H].[2H]c1cc([2H])c([2H])c(-c2c([2H])c([2H])c(-c3c4c([2H])c([2H])c([2H])c([2H])c4c(-c4c([2H])c([2H])c5oc6c([2H])c7c([2H])c([2H])c([2H])c([2H])c7c([2H])c6c5c4[2H])c4c([2H])c([2H])c([2H])c([2H])c34)c([2H])c2[2H])c1[2H]. The van der Waals surface area contributed by atoms with Crippen molar-refractivity contribution in [3.63, 3.8) is 0 Å². The molecule has 19 aromatic rings. The van der Waals surface area contributed by atoms with Gasteiger partial charge in [-0.15, -0.1) is 0 Å². The van der Waals surface area contributed by atoms with Crippen molar-refractivity contribution in [2.24, 2.45) is 0 Å². The molecule has 19 rings (SSSR count). The van der Waals surface area contributed by atoms with Gasteiger partial charge in [-0.25, -0.2) is 0 Å². The summed E-state index contributed by atoms with van der Waals surface area (Å²) in [6.45, 7) is 0. The van der Waals surface area contributed by atoms with E-state index >= 15 is 0 Å². The quantitative estimate of drug-likeness (QED) is 0.149. The van der Waals surface area contributed by atoms with Crippen LogP contribution in [0, 0.1) is 0 Å². The molecule has 0 spiro atoms. The lowest BCUT2D eigenvalue weighted by molar-refractivity contribution is 0.669. The molecule has 2 heteroatoms. The summed E-state index contributed by atoms with van der Waals surface area (Å²) in [5.74, 6) is 0. The van der Waals surface area contributed by atoms with Gasteiger partial charge in [0.05, 0.1) is 75.4 Å². The van der Waals surface area contributed by atoms with Gasteiger partial charge in [0.2, 0.25) is 0 Å². The van der Waals surface area contributed by atoms with Gasteiger partial charge >= 0.3 is 0 Å². The molecule has 0 amide bonds. The van der Waals surface area contributed by atoms with Crippen LogP contribution < -0.4 is 0 Å². The molecule has 0 unspecified atom stereocenters. The van der Waals surface area contributed by atoms with Crippen LogP contribution in [0.2, 0.25) is 0 Å². The van der Waals surface area contributed by atoms with Crippen LogP contribution in [0.4, 0.5) is 0 Å². The third kappa shape index (κ3) is 9.03. The first kappa shape index (κ1) is 21.6. The molecule has 0 aliphatic carbocycles. The molecule has 428 valence electrons. The molecule has 0 saturated heterocycles. The highest BCUT2D eigenvalue weighted by molar-refractivity contribution is 6.24. The third-order valence-corrected chi connectivity index (χ3v) is 14.7. The van der Waals surface area contributed by atoms with E-state index in [1.807, 2.05) is 0 Å². The molecule has 0 fully saturated rings. The monoisotopic (exact) mass is 1220 g/mol. The van der Waals surface area contributed by atoms with Gasteiger partial charge in [0.1, 0.15) is 22.3 Å². The lowest BCUT2D eigenvalue weighted by atomic mass is 9.84. The van der Waals surface area contributed by atoms with Gasteiger partial charge in [0, 0.05) is 21.5 Å². The van der Waals surface area contributed by atoms with Gasteiger partial charge in [0.15, 0.2) is 0 Å². The van der Waals surface area contributed by atoms with Crippen molar-refractivity contribution in [3.8, 4) is 77.9 Å². The van der Waals surface area contributed by atoms with E-state index in [2.05, 4.69) is 0 Å². The molecule has 0 bridgehead atoms. The minimum atomic E-state index is -1.18. The number of rotatable bonds is 7. The first-order chi connectivity index (χ1) is 68.5. The van der Waals surface area contributed by atoms with E-state index in [1.165, 1.54) is 0 Å². The lowest BCUT2D eigenvalue weighted by Gasteiger charge is -2.19. The fourth-order valence-electron chi connectivity index (χ4n) is 10.8. The molecule has 0 saturated carbocycles. The summed E-state index contributed by atoms with van der Waals surface area (Å²) < 4.78 is 506. The highest BCUT2D eigenvalue weighted by Gasteiger charge is 2.22. The van der Waals surface area contributed by atoms with Crippen LogP contribution >= 0.6 is 0 Å². The van der Waals surface area contributed by atoms with E-state index in [0.717, 1.165) is 6.07 Å². The van der Waals surface area contributed by atoms with Gasteiger partial charge in [-0.3, -0.25) is 0 Å². The van der Waals surface area contributed by atoms with Crippen molar-refractivity contribution in [2.45, 2.75) is 0 Å². The summed E-state index contributed by atoms with van der Waals surface area (Å²) in [5, 5.41) is -10.0. The summed E-state index contributed by atoms with van der Waals surface area (Å²) in [6, 6.07) is -49.9. The minimum Gasteiger partial charge on any atom is -0.456 e. The van der Waals surface area contributed by atoms with E-state index in [0.29, 0.717) is 0 Å². The molecular weight excluding hydrogens is 1110 g/mol. The van der Waals surface area contributed by atoms with Crippen molar-refractivity contribution in [2.75, 3.05) is 0 Å². The van der Waals surface area contributed by atoms with Crippen molar-refractivity contribution in [3.05, 3.63) is 338 Å². The highest BCUT2D eigenvalue weighted by atomic mass is 16.3. The maximum atomic E-state index is 9.94. The van der Waals surface area contributed by atoms with E-state index in [9.17, 15) is 28.8 Å². The summed E-state index contributed by atoms with van der Waals surface area (Å²) in [4.78, 5) is 0. The van der Waals surface area contributed by atoms with Crippen LogP contribution in [0.1, 0.15) is 75.4 Å². The Labute approximate surface area is 609 Å². The molecule has 2 heterocycles. The minimum absolute atomic E-state index is 0.426. The number of hydrogen-bond acceptors (Lipinski definition) is 2. The Hall–Kier alpha value is -12.1. The van der Waals surface area contributed by atoms with Crippen LogP contribution in [0.15, 0.2) is 347 Å². The average Bonchev–Trinajstić information content (AvgIpc) is 1.33. The smallest absolute Gasteiger partial charge is 0.136 e. The zero-order valence-electron chi connectivity index (χ0n) is 101. The summed E-state index contributed by atoms with van der Waals surface area (Å²) in [5.41, 5.74) is -13.8. The molecule has 0 radical (unpaired) electrons. The van der Waals surface area contributed by atoms with E-state index in [-0.39, 0.29) is 0 Å². The molecular formula is C90H56O2. The van der Waals surface area contributed by atoms with E-state index < -0.39 is 519 Å². The predicted molar refractivity (Wildman–Crippen MR) is 391 cm³/mol. The summed E-state index contributed by atoms with van der Waals surface area (Å²) in [6.07, 6.45) is 0. The molecule has 92 heavy (non-hydrogen) atoms. The van der Waals surface area contributed by atoms with Crippen molar-refractivity contribution >= 4 is 109 Å². The maximum absolute atomic E-state index is 9.94. The zero-order chi connectivity index (χ0) is 109. The second kappa shape index (κ2) is 21.9. The van der Waals surface area contributed by atoms with Crippen molar-refractivity contribution < 1.29 is 84.2 Å². The van der Waals surface area contributed by atoms with Gasteiger partial charge in [-0.2, -0.15) is 0 Å². The third-order valence-electron chi connectivity index (χ3n) is 14.7. The second-order valence-corrected chi connectivity index (χ2v) is 19.8. The van der Waals surface area contributed by atoms with E-state index in [4.69, 9.17) is 55.4 Å². The van der Waals surface area contributed by atoms with Gasteiger partial charge in [0.25, 0.3) is 0 Å². The average molecular weight is 1220 g/mol. The first-order valence-electron chi connectivity index (χ1n) is 54.6. The number of furan rings is 2. The first-order valence-corrected chi connectivity index (χ1v) is 27.1. The van der Waals surface area contributed by atoms with Crippen molar-refractivity contribution in [1.82, 2.24) is 0 Å². The Morgan fingerprint density at radius 2 is 0.435 bits per heavy atom. The summed E-state index contributed by atoms with van der Waals surface area (Å²) in [7, 11) is 0. The fourth-order valence-corrected chi connectivity index (χ4v) is 10.8. The Bertz CT molecular complexity index is 9220. The molecule has 0 N–H and O–H groups in total. The standard InChI is InChI=1S/C48H30O.C42H26O/c1-3-13-31(14-4-1)36-25-37(32-15-5-2-6-16-32)27-38(26-36)48-41-21-11-9-19-39(41)47(40-20-10-12-22-42(40)48)35-23-24-45-43(29-35)44-28-33-17-7-8-18-34(33)30-46(44)49-45;1-2-10-27(11-3-1)28-18-20-29(21-19-28)41-33-14-6-8-16-35(33)42(36-17-9-7-15-34(36)41)32-22-23-39-37(25-32)38-24-30-12-4-5-13-31(30)26-40(38)43-39/h1-30H;1-26H/i1D,2D,3D,4D,5D,6D,7D,8D,9D,10D,11D,12D,13D,14D,15D,16D,17D,18D,19D,20D,21D,22D,23D,24D,25D,26D,27D,28D,29D,30D;2D,3D,4D,5D,6D,7D,8D,9D,10D,11D,12D,13D,14D,15D,16D,17D,18D,19D,20D,21D,22D,23D,24D,25D,26D. The van der Waals surface area contributed by atoms with Crippen LogP contribution in [0.25, 0.3) is 186 Å². The molecule has 0 atom stereocenters. The van der Waals surface area contributed by atoms with Gasteiger partial charge in [-0.05, 0) is 209 Å². The maximum Gasteiger partial charge on any atom is 0.136 e. The largest absolute Gasteiger partial charge is 0.456 e. The number of benzene rings is 17. The van der Waals surface area contributed by atoms with Crippen LogP contribution in [0.3, 0.4) is 0 Å². The molecule has 2 aromatic heterocycles. The predicted octanol–water partition coefficient (Wildman–Crippen LogP) is 25.8. The van der Waals surface area contributed by atoms with Gasteiger partial charge < -0.3 is 8.83 Å². The molecule has 0 aliphatic rings. The fraction of sp³-hybridized carbons (Fsp3) is 0. The normalized spacial score (nSPS) is 20.1. The number of hydrogen-bond donors (Lipinski definition) is 0. The van der Waals surface area contributed by atoms with Crippen molar-refractivity contribution in [1.29, 1.82) is 0 Å². The Morgan fingerprint density at radius 3 is 0.837 bits per heavy atom. The zero-order valence-corrected chi connectivity index (χ0v) is 45.9.